The monoisotopic (exact) mass is 297 g/mol. The quantitative estimate of drug-likeness (QED) is 0.848. The molecule has 1 aromatic rings. The van der Waals surface area contributed by atoms with E-state index in [-0.39, 0.29) is 24.7 Å². The molecule has 0 saturated carbocycles. The molecule has 0 aliphatic heterocycles. The van der Waals surface area contributed by atoms with Gasteiger partial charge in [0, 0.05) is 10.6 Å². The summed E-state index contributed by atoms with van der Waals surface area (Å²) in [6.07, 6.45) is 0.107. The lowest BCUT2D eigenvalue weighted by atomic mass is 9.85. The molecule has 0 fully saturated rings. The van der Waals surface area contributed by atoms with Gasteiger partial charge in [-0.2, -0.15) is 0 Å². The van der Waals surface area contributed by atoms with Crippen molar-refractivity contribution >= 4 is 23.5 Å². The van der Waals surface area contributed by atoms with E-state index in [1.54, 1.807) is 31.2 Å². The lowest BCUT2D eigenvalue weighted by Crippen LogP contribution is -2.51. The molecule has 2 N–H and O–H groups in total. The van der Waals surface area contributed by atoms with Crippen LogP contribution in [0.2, 0.25) is 5.02 Å². The number of carbonyl (C=O) groups is 2. The summed E-state index contributed by atoms with van der Waals surface area (Å²) in [5.41, 5.74) is 0.0864. The van der Waals surface area contributed by atoms with Gasteiger partial charge in [-0.25, -0.2) is 0 Å². The number of carboxylic acid groups (broad SMARTS) is 1. The van der Waals surface area contributed by atoms with E-state index in [1.165, 1.54) is 0 Å². The van der Waals surface area contributed by atoms with Gasteiger partial charge in [-0.3, -0.25) is 9.59 Å². The molecule has 1 amide bonds. The number of rotatable bonds is 6. The summed E-state index contributed by atoms with van der Waals surface area (Å²) in [7, 11) is 0. The first-order valence-corrected chi connectivity index (χ1v) is 6.88. The highest BCUT2D eigenvalue weighted by atomic mass is 35.5. The van der Waals surface area contributed by atoms with Gasteiger partial charge in [0.15, 0.2) is 0 Å². The minimum Gasteiger partial charge on any atom is -0.481 e. The number of benzene rings is 1. The number of carbonyl (C=O) groups excluding carboxylic acids is 1. The van der Waals surface area contributed by atoms with Crippen molar-refractivity contribution in [3.05, 3.63) is 34.9 Å². The predicted molar refractivity (Wildman–Crippen MR) is 78.8 cm³/mol. The fourth-order valence-corrected chi connectivity index (χ4v) is 1.98. The van der Waals surface area contributed by atoms with Gasteiger partial charge in [0.1, 0.15) is 0 Å². The first-order chi connectivity index (χ1) is 9.23. The molecule has 1 unspecified atom stereocenters. The summed E-state index contributed by atoms with van der Waals surface area (Å²) in [5.74, 6) is -1.09. The van der Waals surface area contributed by atoms with Crippen LogP contribution in [0.5, 0.6) is 0 Å². The third-order valence-corrected chi connectivity index (χ3v) is 3.75. The van der Waals surface area contributed by atoms with Crippen LogP contribution < -0.4 is 5.32 Å². The Bertz CT molecular complexity index is 484. The second kappa shape index (κ2) is 6.75. The standard InChI is InChI=1S/C15H20ClNO3/c1-10(2)15(3,9-14(19)20)17-13(18)8-11-4-6-12(16)7-5-11/h4-7,10H,8-9H2,1-3H3,(H,17,18)(H,19,20). The Labute approximate surface area is 124 Å². The van der Waals surface area contributed by atoms with E-state index in [0.29, 0.717) is 5.02 Å². The van der Waals surface area contributed by atoms with Crippen LogP contribution in [0.3, 0.4) is 0 Å². The smallest absolute Gasteiger partial charge is 0.305 e. The van der Waals surface area contributed by atoms with Crippen molar-refractivity contribution in [2.24, 2.45) is 5.92 Å². The highest BCUT2D eigenvalue weighted by Gasteiger charge is 2.32. The van der Waals surface area contributed by atoms with E-state index < -0.39 is 11.5 Å². The number of hydrogen-bond acceptors (Lipinski definition) is 2. The van der Waals surface area contributed by atoms with Gasteiger partial charge in [-0.15, -0.1) is 0 Å². The maximum atomic E-state index is 12.1. The molecule has 0 aliphatic carbocycles. The van der Waals surface area contributed by atoms with Crippen LogP contribution in [-0.2, 0) is 16.0 Å². The van der Waals surface area contributed by atoms with E-state index in [1.807, 2.05) is 13.8 Å². The molecule has 0 saturated heterocycles. The van der Waals surface area contributed by atoms with Crippen molar-refractivity contribution in [1.82, 2.24) is 5.32 Å². The summed E-state index contributed by atoms with van der Waals surface area (Å²) >= 11 is 5.79. The zero-order valence-corrected chi connectivity index (χ0v) is 12.7. The second-order valence-corrected chi connectivity index (χ2v) is 5.93. The molecule has 5 heteroatoms. The number of carboxylic acids is 1. The average Bonchev–Trinajstić information content (AvgIpc) is 2.30. The third-order valence-electron chi connectivity index (χ3n) is 3.50. The van der Waals surface area contributed by atoms with Crippen molar-refractivity contribution in [2.75, 3.05) is 0 Å². The molecule has 1 aromatic carbocycles. The van der Waals surface area contributed by atoms with Crippen molar-refractivity contribution in [1.29, 1.82) is 0 Å². The van der Waals surface area contributed by atoms with Crippen LogP contribution >= 0.6 is 11.6 Å². The molecule has 1 rings (SSSR count). The Morgan fingerprint density at radius 1 is 1.30 bits per heavy atom. The minimum atomic E-state index is -0.923. The molecule has 0 spiro atoms. The summed E-state index contributed by atoms with van der Waals surface area (Å²) in [5, 5.41) is 12.4. The van der Waals surface area contributed by atoms with Gasteiger partial charge in [0.05, 0.1) is 12.8 Å². The molecule has 4 nitrogen and oxygen atoms in total. The van der Waals surface area contributed by atoms with E-state index in [4.69, 9.17) is 16.7 Å². The topological polar surface area (TPSA) is 66.4 Å². The molecule has 20 heavy (non-hydrogen) atoms. The van der Waals surface area contributed by atoms with Gasteiger partial charge in [0.25, 0.3) is 0 Å². The molecule has 0 bridgehead atoms. The Kier molecular flexibility index (Phi) is 5.57. The van der Waals surface area contributed by atoms with Crippen LogP contribution in [0, 0.1) is 5.92 Å². The number of nitrogens with one attached hydrogen (secondary N) is 1. The highest BCUT2D eigenvalue weighted by Crippen LogP contribution is 2.21. The van der Waals surface area contributed by atoms with Crippen LogP contribution in [0.4, 0.5) is 0 Å². The number of hydrogen-bond donors (Lipinski definition) is 2. The molecule has 0 heterocycles. The van der Waals surface area contributed by atoms with E-state index in [9.17, 15) is 9.59 Å². The molecule has 0 aliphatic rings. The van der Waals surface area contributed by atoms with E-state index in [0.717, 1.165) is 5.56 Å². The van der Waals surface area contributed by atoms with Gasteiger partial charge in [-0.05, 0) is 30.5 Å². The van der Waals surface area contributed by atoms with Gasteiger partial charge < -0.3 is 10.4 Å². The van der Waals surface area contributed by atoms with Crippen molar-refractivity contribution < 1.29 is 14.7 Å². The maximum absolute atomic E-state index is 12.1. The highest BCUT2D eigenvalue weighted by molar-refractivity contribution is 6.30. The minimum absolute atomic E-state index is 0.0211. The zero-order valence-electron chi connectivity index (χ0n) is 11.9. The lowest BCUT2D eigenvalue weighted by molar-refractivity contribution is -0.139. The SMILES string of the molecule is CC(C)C(C)(CC(=O)O)NC(=O)Cc1ccc(Cl)cc1. The summed E-state index contributed by atoms with van der Waals surface area (Å²) in [6.45, 7) is 5.54. The van der Waals surface area contributed by atoms with Crippen LogP contribution in [0.25, 0.3) is 0 Å². The van der Waals surface area contributed by atoms with Crippen LogP contribution in [0.15, 0.2) is 24.3 Å². The molecular weight excluding hydrogens is 278 g/mol. The normalized spacial score (nSPS) is 13.8. The van der Waals surface area contributed by atoms with Gasteiger partial charge in [0.2, 0.25) is 5.91 Å². The van der Waals surface area contributed by atoms with Gasteiger partial charge >= 0.3 is 5.97 Å². The number of amides is 1. The molecule has 110 valence electrons. The van der Waals surface area contributed by atoms with Crippen LogP contribution in [-0.4, -0.2) is 22.5 Å². The summed E-state index contributed by atoms with van der Waals surface area (Å²) in [4.78, 5) is 23.0. The Balaban J connectivity index is 2.71. The second-order valence-electron chi connectivity index (χ2n) is 5.49. The zero-order chi connectivity index (χ0) is 15.3. The maximum Gasteiger partial charge on any atom is 0.305 e. The fraction of sp³-hybridized carbons (Fsp3) is 0.467. The lowest BCUT2D eigenvalue weighted by Gasteiger charge is -2.33. The predicted octanol–water partition coefficient (Wildman–Crippen LogP) is 2.89. The van der Waals surface area contributed by atoms with Crippen LogP contribution in [0.1, 0.15) is 32.8 Å². The summed E-state index contributed by atoms with van der Waals surface area (Å²) in [6, 6.07) is 7.02. The summed E-state index contributed by atoms with van der Waals surface area (Å²) < 4.78 is 0. The Hall–Kier alpha value is -1.55. The van der Waals surface area contributed by atoms with Crippen molar-refractivity contribution in [3.8, 4) is 0 Å². The Morgan fingerprint density at radius 3 is 2.30 bits per heavy atom. The third kappa shape index (κ3) is 4.85. The first-order valence-electron chi connectivity index (χ1n) is 6.50. The molecule has 0 radical (unpaired) electrons. The van der Waals surface area contributed by atoms with E-state index in [2.05, 4.69) is 5.32 Å². The van der Waals surface area contributed by atoms with E-state index >= 15 is 0 Å². The Morgan fingerprint density at radius 2 is 1.85 bits per heavy atom. The first kappa shape index (κ1) is 16.5. The van der Waals surface area contributed by atoms with Crippen molar-refractivity contribution in [2.45, 2.75) is 39.2 Å². The number of halogens is 1. The number of aliphatic carboxylic acids is 1. The van der Waals surface area contributed by atoms with Gasteiger partial charge in [-0.1, -0.05) is 37.6 Å². The largest absolute Gasteiger partial charge is 0.481 e. The van der Waals surface area contributed by atoms with Crippen molar-refractivity contribution in [3.63, 3.8) is 0 Å². The molecule has 0 aromatic heterocycles. The molecule has 1 atom stereocenters. The molecular formula is C15H20ClNO3. The fourth-order valence-electron chi connectivity index (χ4n) is 1.86. The average molecular weight is 298 g/mol.